The lowest BCUT2D eigenvalue weighted by Crippen LogP contribution is -2.04. The zero-order valence-corrected chi connectivity index (χ0v) is 9.08. The molecular formula is C10H10N4O3. The van der Waals surface area contributed by atoms with Crippen LogP contribution in [0.5, 0.6) is 0 Å². The molecule has 2 rings (SSSR count). The minimum absolute atomic E-state index is 0.0601. The van der Waals surface area contributed by atoms with E-state index in [1.807, 2.05) is 0 Å². The molecular weight excluding hydrogens is 224 g/mol. The molecule has 1 N–H and O–H groups in total. The van der Waals surface area contributed by atoms with Crippen LogP contribution in [0.15, 0.2) is 28.9 Å². The van der Waals surface area contributed by atoms with Crippen LogP contribution in [0.4, 0.5) is 11.5 Å². The van der Waals surface area contributed by atoms with E-state index in [4.69, 9.17) is 4.52 Å². The molecule has 7 nitrogen and oxygen atoms in total. The van der Waals surface area contributed by atoms with E-state index in [0.29, 0.717) is 18.0 Å². The molecule has 0 fully saturated rings. The fraction of sp³-hybridized carbons (Fsp3) is 0.200. The number of aromatic nitrogens is 2. The first-order valence-corrected chi connectivity index (χ1v) is 4.92. The van der Waals surface area contributed by atoms with Crippen molar-refractivity contribution in [1.29, 1.82) is 0 Å². The summed E-state index contributed by atoms with van der Waals surface area (Å²) in [5.41, 5.74) is 0.644. The molecule has 0 aliphatic rings. The van der Waals surface area contributed by atoms with Gasteiger partial charge in [0.25, 0.3) is 0 Å². The summed E-state index contributed by atoms with van der Waals surface area (Å²) in [6.45, 7) is 2.07. The normalized spacial score (nSPS) is 10.2. The minimum atomic E-state index is -0.477. The van der Waals surface area contributed by atoms with E-state index in [9.17, 15) is 10.1 Å². The zero-order chi connectivity index (χ0) is 12.3. The van der Waals surface area contributed by atoms with Gasteiger partial charge in [-0.15, -0.1) is 0 Å². The van der Waals surface area contributed by atoms with Gasteiger partial charge in [-0.25, -0.2) is 4.98 Å². The lowest BCUT2D eigenvalue weighted by atomic mass is 10.3. The van der Waals surface area contributed by atoms with E-state index in [1.165, 1.54) is 12.3 Å². The number of hydrogen-bond acceptors (Lipinski definition) is 6. The van der Waals surface area contributed by atoms with Crippen molar-refractivity contribution < 1.29 is 9.45 Å². The second-order valence-electron chi connectivity index (χ2n) is 3.41. The standard InChI is InChI=1S/C10H10N4O3/c1-7-2-3-9(14(15)16)10(13-7)11-6-8-4-5-12-17-8/h2-5H,6H2,1H3,(H,11,13). The Morgan fingerprint density at radius 2 is 2.29 bits per heavy atom. The Labute approximate surface area is 96.6 Å². The zero-order valence-electron chi connectivity index (χ0n) is 9.08. The Morgan fingerprint density at radius 1 is 1.47 bits per heavy atom. The number of nitro groups is 1. The molecule has 0 radical (unpaired) electrons. The molecule has 0 atom stereocenters. The molecule has 88 valence electrons. The summed E-state index contributed by atoms with van der Waals surface area (Å²) < 4.78 is 4.88. The van der Waals surface area contributed by atoms with Gasteiger partial charge in [0, 0.05) is 17.8 Å². The number of hydrogen-bond donors (Lipinski definition) is 1. The summed E-state index contributed by atoms with van der Waals surface area (Å²) in [6.07, 6.45) is 1.51. The van der Waals surface area contributed by atoms with Gasteiger partial charge >= 0.3 is 5.69 Å². The molecule has 2 heterocycles. The van der Waals surface area contributed by atoms with Crippen LogP contribution in [-0.4, -0.2) is 15.1 Å². The van der Waals surface area contributed by atoms with Gasteiger partial charge in [-0.05, 0) is 13.0 Å². The van der Waals surface area contributed by atoms with Crippen LogP contribution in [0.2, 0.25) is 0 Å². The average Bonchev–Trinajstić information content (AvgIpc) is 2.78. The third-order valence-corrected chi connectivity index (χ3v) is 2.13. The summed E-state index contributed by atoms with van der Waals surface area (Å²) in [7, 11) is 0. The maximum Gasteiger partial charge on any atom is 0.311 e. The molecule has 0 saturated carbocycles. The van der Waals surface area contributed by atoms with Gasteiger partial charge in [-0.1, -0.05) is 5.16 Å². The number of anilines is 1. The topological polar surface area (TPSA) is 94.1 Å². The smallest absolute Gasteiger partial charge is 0.311 e. The van der Waals surface area contributed by atoms with Gasteiger partial charge in [-0.3, -0.25) is 10.1 Å². The number of nitrogens with zero attached hydrogens (tertiary/aromatic N) is 3. The molecule has 0 aliphatic carbocycles. The van der Waals surface area contributed by atoms with Gasteiger partial charge in [0.15, 0.2) is 5.76 Å². The molecule has 7 heteroatoms. The molecule has 0 unspecified atom stereocenters. The Balaban J connectivity index is 2.19. The fourth-order valence-electron chi connectivity index (χ4n) is 1.33. The van der Waals surface area contributed by atoms with Crippen molar-refractivity contribution in [1.82, 2.24) is 10.1 Å². The van der Waals surface area contributed by atoms with E-state index in [0.717, 1.165) is 0 Å². The highest BCUT2D eigenvalue weighted by atomic mass is 16.6. The van der Waals surface area contributed by atoms with Crippen molar-refractivity contribution in [2.45, 2.75) is 13.5 Å². The van der Waals surface area contributed by atoms with Crippen LogP contribution in [0.3, 0.4) is 0 Å². The molecule has 0 saturated heterocycles. The van der Waals surface area contributed by atoms with Gasteiger partial charge in [0.2, 0.25) is 5.82 Å². The average molecular weight is 234 g/mol. The van der Waals surface area contributed by atoms with Crippen molar-refractivity contribution in [3.8, 4) is 0 Å². The van der Waals surface area contributed by atoms with Crippen molar-refractivity contribution >= 4 is 11.5 Å². The monoisotopic (exact) mass is 234 g/mol. The Morgan fingerprint density at radius 3 is 2.94 bits per heavy atom. The predicted molar refractivity (Wildman–Crippen MR) is 59.5 cm³/mol. The molecule has 0 amide bonds. The van der Waals surface area contributed by atoms with Crippen molar-refractivity contribution in [2.24, 2.45) is 0 Å². The van der Waals surface area contributed by atoms with Crippen molar-refractivity contribution in [3.05, 3.63) is 46.0 Å². The number of rotatable bonds is 4. The fourth-order valence-corrected chi connectivity index (χ4v) is 1.33. The van der Waals surface area contributed by atoms with E-state index < -0.39 is 4.92 Å². The summed E-state index contributed by atoms with van der Waals surface area (Å²) >= 11 is 0. The summed E-state index contributed by atoms with van der Waals surface area (Å²) in [4.78, 5) is 14.4. The van der Waals surface area contributed by atoms with Gasteiger partial charge in [0.05, 0.1) is 17.7 Å². The SMILES string of the molecule is Cc1ccc([N+](=O)[O-])c(NCc2ccno2)n1. The minimum Gasteiger partial charge on any atom is -0.360 e. The molecule has 0 aromatic carbocycles. The quantitative estimate of drug-likeness (QED) is 0.641. The second-order valence-corrected chi connectivity index (χ2v) is 3.41. The third-order valence-electron chi connectivity index (χ3n) is 2.13. The van der Waals surface area contributed by atoms with E-state index in [1.54, 1.807) is 19.1 Å². The Kier molecular flexibility index (Phi) is 2.99. The summed E-state index contributed by atoms with van der Waals surface area (Å²) in [5, 5.41) is 17.2. The van der Waals surface area contributed by atoms with Gasteiger partial charge < -0.3 is 9.84 Å². The first-order valence-electron chi connectivity index (χ1n) is 4.92. The van der Waals surface area contributed by atoms with Crippen molar-refractivity contribution in [3.63, 3.8) is 0 Å². The number of pyridine rings is 1. The lowest BCUT2D eigenvalue weighted by molar-refractivity contribution is -0.384. The number of aryl methyl sites for hydroxylation is 1. The molecule has 0 aliphatic heterocycles. The highest BCUT2D eigenvalue weighted by molar-refractivity contribution is 5.56. The van der Waals surface area contributed by atoms with E-state index in [2.05, 4.69) is 15.5 Å². The summed E-state index contributed by atoms with van der Waals surface area (Å²) in [6, 6.07) is 4.69. The molecule has 0 spiro atoms. The Bertz CT molecular complexity index is 524. The molecule has 2 aromatic rings. The van der Waals surface area contributed by atoms with E-state index in [-0.39, 0.29) is 11.5 Å². The molecule has 17 heavy (non-hydrogen) atoms. The van der Waals surface area contributed by atoms with Crippen LogP contribution < -0.4 is 5.32 Å². The highest BCUT2D eigenvalue weighted by Crippen LogP contribution is 2.22. The van der Waals surface area contributed by atoms with Crippen LogP contribution in [0.25, 0.3) is 0 Å². The highest BCUT2D eigenvalue weighted by Gasteiger charge is 2.15. The first kappa shape index (κ1) is 11.1. The largest absolute Gasteiger partial charge is 0.360 e. The van der Waals surface area contributed by atoms with Gasteiger partial charge in [-0.2, -0.15) is 0 Å². The predicted octanol–water partition coefficient (Wildman–Crippen LogP) is 1.90. The third kappa shape index (κ3) is 2.57. The van der Waals surface area contributed by atoms with Crippen molar-refractivity contribution in [2.75, 3.05) is 5.32 Å². The summed E-state index contributed by atoms with van der Waals surface area (Å²) in [5.74, 6) is 0.814. The van der Waals surface area contributed by atoms with Crippen LogP contribution in [0, 0.1) is 17.0 Å². The second kappa shape index (κ2) is 4.60. The maximum absolute atomic E-state index is 10.8. The lowest BCUT2D eigenvalue weighted by Gasteiger charge is -2.04. The molecule has 2 aromatic heterocycles. The molecule has 0 bridgehead atoms. The Hall–Kier alpha value is -2.44. The van der Waals surface area contributed by atoms with Crippen LogP contribution in [0.1, 0.15) is 11.5 Å². The van der Waals surface area contributed by atoms with Crippen LogP contribution >= 0.6 is 0 Å². The maximum atomic E-state index is 10.8. The van der Waals surface area contributed by atoms with Crippen LogP contribution in [-0.2, 0) is 6.54 Å². The first-order chi connectivity index (χ1) is 8.16. The number of nitrogens with one attached hydrogen (secondary N) is 1. The van der Waals surface area contributed by atoms with E-state index >= 15 is 0 Å². The van der Waals surface area contributed by atoms with Gasteiger partial charge in [0.1, 0.15) is 0 Å².